The van der Waals surface area contributed by atoms with E-state index in [1.807, 2.05) is 36.5 Å². The first kappa shape index (κ1) is 23.5. The first-order chi connectivity index (χ1) is 17.4. The number of ether oxygens (including phenoxy) is 1. The van der Waals surface area contributed by atoms with Crippen molar-refractivity contribution >= 4 is 11.9 Å². The van der Waals surface area contributed by atoms with Gasteiger partial charge in [-0.1, -0.05) is 23.8 Å². The van der Waals surface area contributed by atoms with Crippen molar-refractivity contribution in [3.05, 3.63) is 89.4 Å². The third kappa shape index (κ3) is 5.23. The van der Waals surface area contributed by atoms with Crippen molar-refractivity contribution in [1.29, 1.82) is 5.26 Å². The fourth-order valence-corrected chi connectivity index (χ4v) is 4.94. The molecular formula is C27H22F3N5O. The van der Waals surface area contributed by atoms with Gasteiger partial charge >= 0.3 is 6.18 Å². The molecule has 3 aromatic rings. The molecule has 0 aliphatic heterocycles. The lowest BCUT2D eigenvalue weighted by atomic mass is 9.90. The number of nitriles is 1. The number of nitrogens with one attached hydrogen (secondary N) is 1. The van der Waals surface area contributed by atoms with E-state index in [0.717, 1.165) is 42.7 Å². The summed E-state index contributed by atoms with van der Waals surface area (Å²) in [7, 11) is 0. The Bertz CT molecular complexity index is 1330. The lowest BCUT2D eigenvalue weighted by molar-refractivity contribution is -0.137. The third-order valence-electron chi connectivity index (χ3n) is 6.58. The minimum Gasteiger partial charge on any atom is -0.439 e. The summed E-state index contributed by atoms with van der Waals surface area (Å²) in [4.78, 5) is 12.8. The number of aliphatic imine (C=N–C) groups is 1. The number of hydrogen-bond acceptors (Lipinski definition) is 5. The van der Waals surface area contributed by atoms with Gasteiger partial charge in [0.1, 0.15) is 11.6 Å². The number of aromatic nitrogens is 2. The fraction of sp³-hybridized carbons (Fsp3) is 0.259. The standard InChI is InChI=1S/C27H22F3N5O/c28-27(29,30)22-6-7-25(33-15-22)36-23-5-1-3-17(10-23)9-19-11-21-12-20(19)13-24(21)35-26(34-16-31)18-4-2-8-32-14-18/h1-10,14-15,20-21,24H,11-13H2,(H,34,35)/b19-9+. The summed E-state index contributed by atoms with van der Waals surface area (Å²) >= 11 is 0. The van der Waals surface area contributed by atoms with Gasteiger partial charge < -0.3 is 4.74 Å². The van der Waals surface area contributed by atoms with E-state index < -0.39 is 11.7 Å². The zero-order valence-electron chi connectivity index (χ0n) is 19.1. The Kier molecular flexibility index (Phi) is 6.42. The molecule has 182 valence electrons. The van der Waals surface area contributed by atoms with Crippen LogP contribution in [0.4, 0.5) is 13.2 Å². The van der Waals surface area contributed by atoms with Gasteiger partial charge in [0.05, 0.1) is 11.6 Å². The number of fused-ring (bicyclic) bond motifs is 2. The molecule has 9 heteroatoms. The van der Waals surface area contributed by atoms with Crippen LogP contribution in [0.5, 0.6) is 11.6 Å². The highest BCUT2D eigenvalue weighted by Gasteiger charge is 2.42. The van der Waals surface area contributed by atoms with E-state index in [4.69, 9.17) is 15.0 Å². The van der Waals surface area contributed by atoms with E-state index >= 15 is 0 Å². The summed E-state index contributed by atoms with van der Waals surface area (Å²) in [6, 6.07) is 13.4. The van der Waals surface area contributed by atoms with Gasteiger partial charge in [-0.05, 0) is 67.0 Å². The van der Waals surface area contributed by atoms with Crippen molar-refractivity contribution in [3.8, 4) is 17.8 Å². The lowest BCUT2D eigenvalue weighted by Crippen LogP contribution is -2.25. The molecule has 36 heavy (non-hydrogen) atoms. The van der Waals surface area contributed by atoms with Gasteiger partial charge in [0.15, 0.2) is 6.19 Å². The van der Waals surface area contributed by atoms with Crippen molar-refractivity contribution < 1.29 is 17.9 Å². The smallest absolute Gasteiger partial charge is 0.417 e. The summed E-state index contributed by atoms with van der Waals surface area (Å²) in [5.41, 5.74) is 2.29. The van der Waals surface area contributed by atoms with Crippen molar-refractivity contribution in [2.45, 2.75) is 31.5 Å². The van der Waals surface area contributed by atoms with Crippen LogP contribution >= 0.6 is 0 Å². The molecule has 2 bridgehead atoms. The van der Waals surface area contributed by atoms with E-state index in [1.54, 1.807) is 18.5 Å². The molecule has 0 saturated heterocycles. The van der Waals surface area contributed by atoms with Crippen molar-refractivity contribution in [2.24, 2.45) is 16.8 Å². The Balaban J connectivity index is 1.27. The summed E-state index contributed by atoms with van der Waals surface area (Å²) < 4.78 is 43.9. The van der Waals surface area contributed by atoms with Gasteiger partial charge in [-0.15, -0.1) is 0 Å². The van der Waals surface area contributed by atoms with E-state index in [1.165, 1.54) is 11.6 Å². The molecule has 2 aliphatic carbocycles. The summed E-state index contributed by atoms with van der Waals surface area (Å²) in [5.74, 6) is 1.98. The van der Waals surface area contributed by atoms with Crippen LogP contribution in [-0.2, 0) is 6.18 Å². The van der Waals surface area contributed by atoms with Gasteiger partial charge in [0, 0.05) is 30.2 Å². The van der Waals surface area contributed by atoms with Crippen LogP contribution in [-0.4, -0.2) is 21.8 Å². The Morgan fingerprint density at radius 3 is 2.69 bits per heavy atom. The monoisotopic (exact) mass is 489 g/mol. The Hall–Kier alpha value is -4.19. The molecule has 2 aromatic heterocycles. The third-order valence-corrected chi connectivity index (χ3v) is 6.58. The molecule has 6 nitrogen and oxygen atoms in total. The molecule has 0 radical (unpaired) electrons. The summed E-state index contributed by atoms with van der Waals surface area (Å²) in [6.45, 7) is 0. The molecular weight excluding hydrogens is 467 g/mol. The van der Waals surface area contributed by atoms with Gasteiger partial charge in [-0.25, -0.2) is 4.98 Å². The first-order valence-corrected chi connectivity index (χ1v) is 11.5. The van der Waals surface area contributed by atoms with Crippen LogP contribution in [0.1, 0.15) is 36.0 Å². The van der Waals surface area contributed by atoms with Crippen LogP contribution in [0, 0.1) is 23.3 Å². The average molecular weight is 490 g/mol. The Morgan fingerprint density at radius 2 is 2.03 bits per heavy atom. The quantitative estimate of drug-likeness (QED) is 0.206. The Morgan fingerprint density at radius 1 is 1.14 bits per heavy atom. The second kappa shape index (κ2) is 9.82. The maximum atomic E-state index is 12.7. The molecule has 3 unspecified atom stereocenters. The highest BCUT2D eigenvalue weighted by molar-refractivity contribution is 5.99. The summed E-state index contributed by atoms with van der Waals surface area (Å²) in [5, 5.41) is 11.8. The molecule has 2 saturated carbocycles. The predicted octanol–water partition coefficient (Wildman–Crippen LogP) is 5.99. The van der Waals surface area contributed by atoms with Crippen LogP contribution in [0.2, 0.25) is 0 Å². The minimum absolute atomic E-state index is 0.101. The number of hydrogen-bond donors (Lipinski definition) is 1. The van der Waals surface area contributed by atoms with Crippen molar-refractivity contribution in [3.63, 3.8) is 0 Å². The van der Waals surface area contributed by atoms with E-state index in [-0.39, 0.29) is 11.9 Å². The molecule has 0 spiro atoms. The highest BCUT2D eigenvalue weighted by atomic mass is 19.4. The molecule has 2 aliphatic rings. The minimum atomic E-state index is -4.44. The first-order valence-electron chi connectivity index (χ1n) is 11.5. The van der Waals surface area contributed by atoms with Crippen molar-refractivity contribution in [1.82, 2.24) is 15.3 Å². The maximum Gasteiger partial charge on any atom is 0.417 e. The zero-order valence-corrected chi connectivity index (χ0v) is 19.1. The van der Waals surface area contributed by atoms with Gasteiger partial charge in [0.25, 0.3) is 0 Å². The van der Waals surface area contributed by atoms with E-state index in [2.05, 4.69) is 21.4 Å². The molecule has 2 heterocycles. The summed E-state index contributed by atoms with van der Waals surface area (Å²) in [6.07, 6.45) is 6.73. The molecule has 2 fully saturated rings. The van der Waals surface area contributed by atoms with Crippen LogP contribution in [0.25, 0.3) is 6.08 Å². The topological polar surface area (TPSA) is 83.2 Å². The predicted molar refractivity (Wildman–Crippen MR) is 128 cm³/mol. The SMILES string of the molecule is N#CNC(=NC1CC2CC1C/C2=C\c1cccc(Oc2ccc(C(F)(F)F)cn2)c1)c1cccnc1. The molecule has 1 aromatic carbocycles. The number of alkyl halides is 3. The largest absolute Gasteiger partial charge is 0.439 e. The second-order valence-electron chi connectivity index (χ2n) is 8.93. The van der Waals surface area contributed by atoms with Gasteiger partial charge in [0.2, 0.25) is 5.88 Å². The molecule has 1 N–H and O–H groups in total. The van der Waals surface area contributed by atoms with Crippen LogP contribution in [0.3, 0.4) is 0 Å². The number of pyridine rings is 2. The normalized spacial score (nSPS) is 22.4. The average Bonchev–Trinajstić information content (AvgIpc) is 3.44. The number of allylic oxidation sites excluding steroid dienone is 1. The van der Waals surface area contributed by atoms with E-state index in [0.29, 0.717) is 23.4 Å². The van der Waals surface area contributed by atoms with Crippen LogP contribution < -0.4 is 10.1 Å². The molecule has 5 rings (SSSR count). The van der Waals surface area contributed by atoms with Gasteiger partial charge in [-0.3, -0.25) is 15.3 Å². The number of amidine groups is 1. The second-order valence-corrected chi connectivity index (χ2v) is 8.93. The lowest BCUT2D eigenvalue weighted by Gasteiger charge is -2.21. The number of halogens is 3. The van der Waals surface area contributed by atoms with E-state index in [9.17, 15) is 13.2 Å². The van der Waals surface area contributed by atoms with Crippen LogP contribution in [0.15, 0.2) is 77.7 Å². The van der Waals surface area contributed by atoms with Gasteiger partial charge in [-0.2, -0.15) is 18.4 Å². The fourth-order valence-electron chi connectivity index (χ4n) is 4.94. The molecule has 0 amide bonds. The number of rotatable bonds is 5. The number of nitrogens with zero attached hydrogens (tertiary/aromatic N) is 4. The maximum absolute atomic E-state index is 12.7. The molecule has 3 atom stereocenters. The number of benzene rings is 1. The highest BCUT2D eigenvalue weighted by Crippen LogP contribution is 2.50. The Labute approximate surface area is 206 Å². The van der Waals surface area contributed by atoms with Crippen molar-refractivity contribution in [2.75, 3.05) is 0 Å². The zero-order chi connectivity index (χ0) is 25.1.